The van der Waals surface area contributed by atoms with Crippen LogP contribution in [0.1, 0.15) is 68.1 Å². The van der Waals surface area contributed by atoms with Gasteiger partial charge in [0.2, 0.25) is 0 Å². The summed E-state index contributed by atoms with van der Waals surface area (Å²) >= 11 is 13.1. The molecule has 6 rings (SSSR count). The number of fused-ring (bicyclic) bond motifs is 1. The minimum absolute atomic E-state index is 0.142. The smallest absolute Gasteiger partial charge is 0.109 e. The number of likely N-dealkylation sites (tertiary alicyclic amines) is 1. The second-order valence-corrected chi connectivity index (χ2v) is 13.3. The van der Waals surface area contributed by atoms with Gasteiger partial charge in [0.25, 0.3) is 0 Å². The number of nitrogens with zero attached hydrogens (tertiary/aromatic N) is 7. The number of anilines is 3. The van der Waals surface area contributed by atoms with Gasteiger partial charge in [-0.25, -0.2) is 4.68 Å². The Morgan fingerprint density at radius 2 is 1.72 bits per heavy atom. The number of hydrogen-bond donors (Lipinski definition) is 2. The van der Waals surface area contributed by atoms with E-state index in [-0.39, 0.29) is 17.6 Å². The fourth-order valence-electron chi connectivity index (χ4n) is 5.93. The van der Waals surface area contributed by atoms with E-state index in [1.54, 1.807) is 18.2 Å². The molecule has 46 heavy (non-hydrogen) atoms. The van der Waals surface area contributed by atoms with Gasteiger partial charge in [-0.3, -0.25) is 9.88 Å². The van der Waals surface area contributed by atoms with Crippen molar-refractivity contribution in [2.24, 2.45) is 0 Å². The molecule has 2 aromatic heterocycles. The zero-order valence-electron chi connectivity index (χ0n) is 25.8. The molecule has 1 saturated heterocycles. The van der Waals surface area contributed by atoms with E-state index in [1.807, 2.05) is 53.3 Å². The molecule has 1 fully saturated rings. The van der Waals surface area contributed by atoms with Crippen molar-refractivity contribution < 1.29 is 0 Å². The lowest BCUT2D eigenvalue weighted by Crippen LogP contribution is -2.46. The first-order valence-corrected chi connectivity index (χ1v) is 15.9. The van der Waals surface area contributed by atoms with Gasteiger partial charge < -0.3 is 10.6 Å². The normalized spacial score (nSPS) is 14.8. The third-order valence-corrected chi connectivity index (χ3v) is 8.97. The first kappa shape index (κ1) is 31.3. The van der Waals surface area contributed by atoms with Crippen molar-refractivity contribution in [2.45, 2.75) is 51.2 Å². The van der Waals surface area contributed by atoms with Gasteiger partial charge in [-0.2, -0.15) is 10.5 Å². The summed E-state index contributed by atoms with van der Waals surface area (Å²) in [5, 5.41) is 37.2. The minimum atomic E-state index is -0.370. The number of rotatable bonds is 7. The third kappa shape index (κ3) is 6.63. The van der Waals surface area contributed by atoms with Gasteiger partial charge in [0.15, 0.2) is 0 Å². The third-order valence-electron chi connectivity index (χ3n) is 8.43. The molecule has 2 N–H and O–H groups in total. The summed E-state index contributed by atoms with van der Waals surface area (Å²) in [5.41, 5.74) is 5.15. The van der Waals surface area contributed by atoms with E-state index in [1.165, 1.54) is 6.20 Å². The van der Waals surface area contributed by atoms with Crippen LogP contribution in [-0.2, 0) is 0 Å². The Kier molecular flexibility index (Phi) is 8.84. The van der Waals surface area contributed by atoms with E-state index in [9.17, 15) is 10.5 Å². The molecular formula is C35H33Cl2N9. The number of nitrogens with one attached hydrogen (secondary N) is 2. The molecule has 0 spiro atoms. The topological polar surface area (TPSA) is 118 Å². The van der Waals surface area contributed by atoms with Crippen LogP contribution in [0.2, 0.25) is 10.0 Å². The van der Waals surface area contributed by atoms with Crippen LogP contribution in [0, 0.1) is 22.7 Å². The van der Waals surface area contributed by atoms with Crippen molar-refractivity contribution in [3.8, 4) is 12.1 Å². The highest BCUT2D eigenvalue weighted by Gasteiger charge is 2.29. The molecule has 3 aromatic carbocycles. The maximum atomic E-state index is 9.96. The van der Waals surface area contributed by atoms with E-state index in [0.717, 1.165) is 37.2 Å². The highest BCUT2D eigenvalue weighted by Crippen LogP contribution is 2.37. The van der Waals surface area contributed by atoms with Gasteiger partial charge in [0.1, 0.15) is 11.8 Å². The van der Waals surface area contributed by atoms with Crippen molar-refractivity contribution in [1.29, 1.82) is 10.5 Å². The molecule has 1 atom stereocenters. The van der Waals surface area contributed by atoms with E-state index >= 15 is 0 Å². The molecule has 9 nitrogen and oxygen atoms in total. The number of piperidine rings is 1. The standard InChI is InChI=1S/C35H33Cl2N9/c1-35(2,3)45-13-11-28(12-14-45)46-21-31(43-44-46)33(23-7-9-25(36)10-8-23)42-27-16-29-32(41-26-6-4-5-22(15-26)18-38)24(19-39)20-40-34(29)30(37)17-27/h4-10,15-17,20-21,28,33,42H,11-14H2,1-3H3,(H,40,41)/t33-/m0/s1. The van der Waals surface area contributed by atoms with Crippen molar-refractivity contribution in [2.75, 3.05) is 23.7 Å². The van der Waals surface area contributed by atoms with Gasteiger partial charge in [-0.1, -0.05) is 46.6 Å². The molecular weight excluding hydrogens is 617 g/mol. The number of pyridine rings is 1. The summed E-state index contributed by atoms with van der Waals surface area (Å²) in [6, 6.07) is 22.7. The zero-order valence-corrected chi connectivity index (χ0v) is 27.3. The summed E-state index contributed by atoms with van der Waals surface area (Å²) in [5.74, 6) is 0. The fraction of sp³-hybridized carbons (Fsp3) is 0.286. The lowest BCUT2D eigenvalue weighted by Gasteiger charge is -2.40. The van der Waals surface area contributed by atoms with Crippen molar-refractivity contribution in [3.63, 3.8) is 0 Å². The summed E-state index contributed by atoms with van der Waals surface area (Å²) in [6.07, 6.45) is 5.52. The van der Waals surface area contributed by atoms with Gasteiger partial charge in [-0.05, 0) is 81.6 Å². The van der Waals surface area contributed by atoms with Crippen LogP contribution in [0.25, 0.3) is 10.9 Å². The minimum Gasteiger partial charge on any atom is -0.373 e. The molecule has 0 unspecified atom stereocenters. The molecule has 5 aromatic rings. The Labute approximate surface area is 278 Å². The number of benzene rings is 3. The van der Waals surface area contributed by atoms with Gasteiger partial charge in [0, 0.05) is 46.6 Å². The molecule has 0 radical (unpaired) electrons. The molecule has 0 aliphatic carbocycles. The molecule has 11 heteroatoms. The van der Waals surface area contributed by atoms with Crippen LogP contribution in [-0.4, -0.2) is 43.5 Å². The van der Waals surface area contributed by atoms with Gasteiger partial charge in [0.05, 0.1) is 51.7 Å². The monoisotopic (exact) mass is 649 g/mol. The molecule has 1 aliphatic heterocycles. The van der Waals surface area contributed by atoms with E-state index < -0.39 is 0 Å². The number of halogens is 2. The van der Waals surface area contributed by atoms with Crippen molar-refractivity contribution in [1.82, 2.24) is 24.9 Å². The van der Waals surface area contributed by atoms with Crippen LogP contribution >= 0.6 is 23.2 Å². The summed E-state index contributed by atoms with van der Waals surface area (Å²) in [6.45, 7) is 8.78. The maximum absolute atomic E-state index is 9.96. The Bertz CT molecular complexity index is 1960. The average molecular weight is 651 g/mol. The van der Waals surface area contributed by atoms with E-state index in [4.69, 9.17) is 23.2 Å². The first-order valence-electron chi connectivity index (χ1n) is 15.1. The second-order valence-electron chi connectivity index (χ2n) is 12.5. The lowest BCUT2D eigenvalue weighted by atomic mass is 9.98. The molecule has 232 valence electrons. The Hall–Kier alpha value is -4.67. The molecule has 0 amide bonds. The van der Waals surface area contributed by atoms with Gasteiger partial charge in [-0.15, -0.1) is 5.10 Å². The summed E-state index contributed by atoms with van der Waals surface area (Å²) in [4.78, 5) is 7.00. The number of nitriles is 2. The highest BCUT2D eigenvalue weighted by atomic mass is 35.5. The Morgan fingerprint density at radius 1 is 0.957 bits per heavy atom. The molecule has 1 aliphatic rings. The maximum Gasteiger partial charge on any atom is 0.109 e. The average Bonchev–Trinajstić information content (AvgIpc) is 3.54. The summed E-state index contributed by atoms with van der Waals surface area (Å²) in [7, 11) is 0. The van der Waals surface area contributed by atoms with Crippen LogP contribution in [0.4, 0.5) is 17.1 Å². The molecule has 0 bridgehead atoms. The Balaban J connectivity index is 1.36. The molecule has 0 saturated carbocycles. The van der Waals surface area contributed by atoms with Crippen LogP contribution in [0.15, 0.2) is 73.1 Å². The largest absolute Gasteiger partial charge is 0.373 e. The van der Waals surface area contributed by atoms with Crippen LogP contribution < -0.4 is 10.6 Å². The van der Waals surface area contributed by atoms with Crippen molar-refractivity contribution in [3.05, 3.63) is 105 Å². The SMILES string of the molecule is CC(C)(C)N1CCC(n2cc([C@@H](Nc3cc(Cl)c4ncc(C#N)c(Nc5cccc(C#N)c5)c4c3)c3ccc(Cl)cc3)nn2)CC1. The zero-order chi connectivity index (χ0) is 32.4. The number of aromatic nitrogens is 4. The number of hydrogen-bond acceptors (Lipinski definition) is 8. The predicted octanol–water partition coefficient (Wildman–Crippen LogP) is 8.26. The van der Waals surface area contributed by atoms with E-state index in [2.05, 4.69) is 63.7 Å². The van der Waals surface area contributed by atoms with Crippen LogP contribution in [0.3, 0.4) is 0 Å². The van der Waals surface area contributed by atoms with E-state index in [0.29, 0.717) is 49.1 Å². The Morgan fingerprint density at radius 3 is 2.41 bits per heavy atom. The second kappa shape index (κ2) is 13.0. The van der Waals surface area contributed by atoms with Gasteiger partial charge >= 0.3 is 0 Å². The highest BCUT2D eigenvalue weighted by molar-refractivity contribution is 6.36. The first-order chi connectivity index (χ1) is 22.1. The van der Waals surface area contributed by atoms with Crippen molar-refractivity contribution >= 4 is 51.2 Å². The summed E-state index contributed by atoms with van der Waals surface area (Å²) < 4.78 is 1.99. The lowest BCUT2D eigenvalue weighted by molar-refractivity contribution is 0.0866. The quantitative estimate of drug-likeness (QED) is 0.181. The van der Waals surface area contributed by atoms with Crippen LogP contribution in [0.5, 0.6) is 0 Å². The fourth-order valence-corrected chi connectivity index (χ4v) is 6.32. The molecule has 3 heterocycles. The predicted molar refractivity (Wildman–Crippen MR) is 182 cm³/mol.